The Labute approximate surface area is 247 Å². The van der Waals surface area contributed by atoms with E-state index >= 15 is 0 Å². The van der Waals surface area contributed by atoms with Gasteiger partial charge in [-0.15, -0.1) is 6.58 Å². The molecular weight excluding hydrogens is 548 g/mol. The third-order valence-corrected chi connectivity index (χ3v) is 7.04. The smallest absolute Gasteiger partial charge is 0.335 e. The van der Waals surface area contributed by atoms with Crippen LogP contribution in [-0.4, -0.2) is 31.2 Å². The van der Waals surface area contributed by atoms with Gasteiger partial charge in [0.2, 0.25) is 6.79 Å². The first kappa shape index (κ1) is 27.6. The number of carbonyl (C=O) groups is 3. The van der Waals surface area contributed by atoms with Crippen LogP contribution in [-0.2, 0) is 22.6 Å². The van der Waals surface area contributed by atoms with Crippen LogP contribution >= 0.6 is 0 Å². The molecule has 6 rings (SSSR count). The highest BCUT2D eigenvalue weighted by Gasteiger charge is 2.37. The number of fused-ring (bicyclic) bond motifs is 2. The van der Waals surface area contributed by atoms with Crippen LogP contribution in [0.5, 0.6) is 23.0 Å². The Bertz CT molecular complexity index is 1810. The molecule has 4 aromatic carbocycles. The lowest BCUT2D eigenvalue weighted by Gasteiger charge is -2.26. The van der Waals surface area contributed by atoms with Crippen LogP contribution in [0.2, 0.25) is 0 Å². The molecule has 0 spiro atoms. The van der Waals surface area contributed by atoms with Gasteiger partial charge in [-0.25, -0.2) is 9.69 Å². The molecule has 0 aliphatic carbocycles. The van der Waals surface area contributed by atoms with Crippen molar-refractivity contribution in [1.29, 1.82) is 0 Å². The summed E-state index contributed by atoms with van der Waals surface area (Å²) in [6.45, 7) is 6.45. The molecule has 4 aromatic rings. The number of amides is 4. The Morgan fingerprint density at radius 2 is 1.74 bits per heavy atom. The molecule has 9 nitrogen and oxygen atoms in total. The van der Waals surface area contributed by atoms with Gasteiger partial charge in [0.25, 0.3) is 11.8 Å². The summed E-state index contributed by atoms with van der Waals surface area (Å²) in [5.41, 5.74) is 2.31. The second-order valence-electron chi connectivity index (χ2n) is 9.90. The monoisotopic (exact) mass is 576 g/mol. The summed E-state index contributed by atoms with van der Waals surface area (Å²) < 4.78 is 23.0. The molecule has 9 heteroatoms. The van der Waals surface area contributed by atoms with Gasteiger partial charge in [0.05, 0.1) is 12.3 Å². The minimum Gasteiger partial charge on any atom is -0.490 e. The average Bonchev–Trinajstić information content (AvgIpc) is 3.47. The highest BCUT2D eigenvalue weighted by molar-refractivity contribution is 6.39. The molecule has 1 N–H and O–H groups in total. The third-order valence-electron chi connectivity index (χ3n) is 7.04. The predicted molar refractivity (Wildman–Crippen MR) is 161 cm³/mol. The van der Waals surface area contributed by atoms with Crippen LogP contribution in [0, 0.1) is 0 Å². The molecule has 2 aliphatic heterocycles. The quantitative estimate of drug-likeness (QED) is 0.149. The van der Waals surface area contributed by atoms with Crippen LogP contribution < -0.4 is 29.2 Å². The number of barbiturate groups is 1. The maximum absolute atomic E-state index is 13.5. The molecule has 0 radical (unpaired) electrons. The lowest BCUT2D eigenvalue weighted by molar-refractivity contribution is -0.122. The summed E-state index contributed by atoms with van der Waals surface area (Å²) in [6.07, 6.45) is 3.63. The standard InChI is InChI=1S/C34H28N2O7/c1-3-7-25-15-22(17-30(40-4-2)31(25)41-19-21-10-11-23-8-5-6-9-24(23)14-21)16-27-32(37)35-34(39)36(33(27)38)26-12-13-28-29(18-26)43-20-42-28/h3,5-6,8-18H,1,4,7,19-20H2,2H3,(H,35,37,39)/b27-16+. The van der Waals surface area contributed by atoms with E-state index in [9.17, 15) is 14.4 Å². The lowest BCUT2D eigenvalue weighted by Crippen LogP contribution is -2.54. The zero-order valence-corrected chi connectivity index (χ0v) is 23.4. The first-order valence-electron chi connectivity index (χ1n) is 13.8. The third kappa shape index (κ3) is 5.52. The molecule has 216 valence electrons. The summed E-state index contributed by atoms with van der Waals surface area (Å²) in [6, 6.07) is 21.6. The molecule has 2 heterocycles. The van der Waals surface area contributed by atoms with Crippen molar-refractivity contribution in [3.63, 3.8) is 0 Å². The van der Waals surface area contributed by atoms with Gasteiger partial charge in [-0.05, 0) is 71.7 Å². The minimum absolute atomic E-state index is 0.0414. The highest BCUT2D eigenvalue weighted by atomic mass is 16.7. The number of nitrogens with one attached hydrogen (secondary N) is 1. The molecule has 1 fully saturated rings. The molecule has 0 aromatic heterocycles. The van der Waals surface area contributed by atoms with Gasteiger partial charge in [-0.1, -0.05) is 42.5 Å². The molecule has 0 atom stereocenters. The topological polar surface area (TPSA) is 103 Å². The van der Waals surface area contributed by atoms with E-state index in [0.29, 0.717) is 48.2 Å². The van der Waals surface area contributed by atoms with Crippen molar-refractivity contribution in [1.82, 2.24) is 5.32 Å². The number of anilines is 1. The fourth-order valence-electron chi connectivity index (χ4n) is 5.07. The normalized spacial score (nSPS) is 15.1. The number of urea groups is 1. The van der Waals surface area contributed by atoms with Crippen LogP contribution in [0.25, 0.3) is 16.8 Å². The Morgan fingerprint density at radius 3 is 2.56 bits per heavy atom. The van der Waals surface area contributed by atoms with Gasteiger partial charge in [0.1, 0.15) is 12.2 Å². The summed E-state index contributed by atoms with van der Waals surface area (Å²) in [7, 11) is 0. The Hall–Kier alpha value is -5.57. The van der Waals surface area contributed by atoms with Crippen molar-refractivity contribution in [2.45, 2.75) is 20.0 Å². The molecule has 43 heavy (non-hydrogen) atoms. The van der Waals surface area contributed by atoms with Gasteiger partial charge in [0, 0.05) is 11.6 Å². The van der Waals surface area contributed by atoms with Crippen molar-refractivity contribution in [2.75, 3.05) is 18.3 Å². The molecule has 4 amide bonds. The number of rotatable bonds is 9. The molecular formula is C34H28N2O7. The largest absolute Gasteiger partial charge is 0.490 e. The maximum Gasteiger partial charge on any atom is 0.335 e. The second-order valence-corrected chi connectivity index (χ2v) is 9.90. The van der Waals surface area contributed by atoms with E-state index in [0.717, 1.165) is 26.8 Å². The maximum atomic E-state index is 13.5. The van der Waals surface area contributed by atoms with Crippen molar-refractivity contribution in [2.24, 2.45) is 0 Å². The van der Waals surface area contributed by atoms with Crippen molar-refractivity contribution in [3.05, 3.63) is 108 Å². The SMILES string of the molecule is C=CCc1cc(/C=C2\C(=O)NC(=O)N(c3ccc4c(c3)OCO4)C2=O)cc(OCC)c1OCc1ccc2ccccc2c1. The van der Waals surface area contributed by atoms with E-state index in [1.165, 1.54) is 12.1 Å². The van der Waals surface area contributed by atoms with E-state index in [-0.39, 0.29) is 18.1 Å². The van der Waals surface area contributed by atoms with E-state index < -0.39 is 17.8 Å². The predicted octanol–water partition coefficient (Wildman–Crippen LogP) is 5.94. The van der Waals surface area contributed by atoms with Crippen LogP contribution in [0.4, 0.5) is 10.5 Å². The highest BCUT2D eigenvalue weighted by Crippen LogP contribution is 2.38. The summed E-state index contributed by atoms with van der Waals surface area (Å²) in [5.74, 6) is 0.339. The summed E-state index contributed by atoms with van der Waals surface area (Å²) in [5, 5.41) is 4.51. The minimum atomic E-state index is -0.856. The Balaban J connectivity index is 1.33. The number of carbonyl (C=O) groups excluding carboxylic acids is 3. The van der Waals surface area contributed by atoms with Gasteiger partial charge in [-0.2, -0.15) is 0 Å². The van der Waals surface area contributed by atoms with Crippen molar-refractivity contribution >= 4 is 40.4 Å². The molecule has 1 saturated heterocycles. The van der Waals surface area contributed by atoms with Gasteiger partial charge in [0.15, 0.2) is 23.0 Å². The second kappa shape index (κ2) is 11.7. The average molecular weight is 577 g/mol. The van der Waals surface area contributed by atoms with Gasteiger partial charge < -0.3 is 18.9 Å². The van der Waals surface area contributed by atoms with Crippen molar-refractivity contribution < 1.29 is 33.3 Å². The lowest BCUT2D eigenvalue weighted by atomic mass is 10.0. The summed E-state index contributed by atoms with van der Waals surface area (Å²) >= 11 is 0. The van der Waals surface area contributed by atoms with E-state index in [4.69, 9.17) is 18.9 Å². The zero-order valence-electron chi connectivity index (χ0n) is 23.4. The number of ether oxygens (including phenoxy) is 4. The Kier molecular flexibility index (Phi) is 7.53. The summed E-state index contributed by atoms with van der Waals surface area (Å²) in [4.78, 5) is 40.0. The number of allylic oxidation sites excluding steroid dienone is 1. The molecule has 2 aliphatic rings. The van der Waals surface area contributed by atoms with Crippen LogP contribution in [0.15, 0.2) is 91.0 Å². The van der Waals surface area contributed by atoms with E-state index in [1.807, 2.05) is 31.2 Å². The first-order valence-corrected chi connectivity index (χ1v) is 13.8. The van der Waals surface area contributed by atoms with Crippen LogP contribution in [0.1, 0.15) is 23.6 Å². The number of imide groups is 2. The van der Waals surface area contributed by atoms with Crippen LogP contribution in [0.3, 0.4) is 0 Å². The van der Waals surface area contributed by atoms with E-state index in [1.54, 1.807) is 24.3 Å². The number of benzene rings is 4. The molecule has 0 unspecified atom stereocenters. The van der Waals surface area contributed by atoms with Crippen molar-refractivity contribution in [3.8, 4) is 23.0 Å². The van der Waals surface area contributed by atoms with Gasteiger partial charge >= 0.3 is 6.03 Å². The number of hydrogen-bond acceptors (Lipinski definition) is 7. The molecule has 0 saturated carbocycles. The molecule has 0 bridgehead atoms. The van der Waals surface area contributed by atoms with E-state index in [2.05, 4.69) is 36.2 Å². The van der Waals surface area contributed by atoms with Gasteiger partial charge in [-0.3, -0.25) is 14.9 Å². The first-order chi connectivity index (χ1) is 20.9. The number of nitrogens with zero attached hydrogens (tertiary/aromatic N) is 1. The zero-order chi connectivity index (χ0) is 29.9. The number of hydrogen-bond donors (Lipinski definition) is 1. The Morgan fingerprint density at radius 1 is 0.930 bits per heavy atom. The fraction of sp³-hybridized carbons (Fsp3) is 0.147. The fourth-order valence-corrected chi connectivity index (χ4v) is 5.07.